The van der Waals surface area contributed by atoms with Crippen molar-refractivity contribution in [3.63, 3.8) is 0 Å². The zero-order valence-electron chi connectivity index (χ0n) is 14.2. The molecule has 3 amide bonds. The quantitative estimate of drug-likeness (QED) is 0.757. The highest BCUT2D eigenvalue weighted by molar-refractivity contribution is 6.00. The van der Waals surface area contributed by atoms with Crippen LogP contribution in [0.4, 0.5) is 4.79 Å². The SMILES string of the molecule is CC(C)(C)OC(=O)N1CCCC(CNC2CCC(=O)NC2=O)C1. The van der Waals surface area contributed by atoms with E-state index in [1.54, 1.807) is 4.90 Å². The second kappa shape index (κ2) is 7.29. The predicted molar refractivity (Wildman–Crippen MR) is 84.7 cm³/mol. The lowest BCUT2D eigenvalue weighted by molar-refractivity contribution is -0.134. The molecule has 0 aromatic carbocycles. The number of hydrogen-bond acceptors (Lipinski definition) is 5. The topological polar surface area (TPSA) is 87.7 Å². The minimum atomic E-state index is -0.491. The van der Waals surface area contributed by atoms with Gasteiger partial charge in [-0.1, -0.05) is 0 Å². The van der Waals surface area contributed by atoms with Crippen molar-refractivity contribution in [2.75, 3.05) is 19.6 Å². The first-order chi connectivity index (χ1) is 10.7. The molecule has 2 unspecified atom stereocenters. The van der Waals surface area contributed by atoms with Gasteiger partial charge >= 0.3 is 6.09 Å². The van der Waals surface area contributed by atoms with Crippen LogP contribution in [0.15, 0.2) is 0 Å². The molecule has 2 atom stereocenters. The van der Waals surface area contributed by atoms with Crippen molar-refractivity contribution in [2.24, 2.45) is 5.92 Å². The van der Waals surface area contributed by atoms with Crippen molar-refractivity contribution < 1.29 is 19.1 Å². The van der Waals surface area contributed by atoms with Gasteiger partial charge in [-0.05, 0) is 46.0 Å². The Balaban J connectivity index is 1.79. The number of piperidine rings is 2. The molecule has 0 aliphatic carbocycles. The van der Waals surface area contributed by atoms with Gasteiger partial charge in [0, 0.05) is 26.1 Å². The molecule has 2 aliphatic rings. The maximum absolute atomic E-state index is 12.1. The number of amides is 3. The first kappa shape index (κ1) is 17.7. The van der Waals surface area contributed by atoms with Gasteiger partial charge in [0.05, 0.1) is 6.04 Å². The molecule has 0 spiro atoms. The Morgan fingerprint density at radius 3 is 2.74 bits per heavy atom. The minimum Gasteiger partial charge on any atom is -0.444 e. The van der Waals surface area contributed by atoms with Gasteiger partial charge in [-0.25, -0.2) is 4.79 Å². The molecule has 0 saturated carbocycles. The Morgan fingerprint density at radius 2 is 2.09 bits per heavy atom. The van der Waals surface area contributed by atoms with Crippen molar-refractivity contribution in [3.05, 3.63) is 0 Å². The Kier molecular flexibility index (Phi) is 5.62. The van der Waals surface area contributed by atoms with E-state index in [-0.39, 0.29) is 23.9 Å². The fourth-order valence-electron chi connectivity index (χ4n) is 2.92. The van der Waals surface area contributed by atoms with Crippen LogP contribution in [0.1, 0.15) is 46.5 Å². The van der Waals surface area contributed by atoms with E-state index >= 15 is 0 Å². The van der Waals surface area contributed by atoms with Crippen molar-refractivity contribution in [1.29, 1.82) is 0 Å². The first-order valence-electron chi connectivity index (χ1n) is 8.29. The monoisotopic (exact) mass is 325 g/mol. The Bertz CT molecular complexity index is 472. The molecule has 7 heteroatoms. The third-order valence-corrected chi connectivity index (χ3v) is 4.06. The van der Waals surface area contributed by atoms with Crippen LogP contribution in [0, 0.1) is 5.92 Å². The minimum absolute atomic E-state index is 0.207. The molecule has 0 radical (unpaired) electrons. The second-order valence-electron chi connectivity index (χ2n) is 7.35. The lowest BCUT2D eigenvalue weighted by atomic mass is 9.97. The van der Waals surface area contributed by atoms with E-state index in [1.807, 2.05) is 20.8 Å². The molecule has 7 nitrogen and oxygen atoms in total. The van der Waals surface area contributed by atoms with E-state index in [0.717, 1.165) is 12.8 Å². The molecule has 0 bridgehead atoms. The summed E-state index contributed by atoms with van der Waals surface area (Å²) >= 11 is 0. The maximum atomic E-state index is 12.1. The van der Waals surface area contributed by atoms with E-state index in [4.69, 9.17) is 4.74 Å². The van der Waals surface area contributed by atoms with Crippen LogP contribution in [-0.4, -0.2) is 54.1 Å². The Morgan fingerprint density at radius 1 is 1.35 bits per heavy atom. The molecule has 130 valence electrons. The number of carbonyl (C=O) groups is 3. The van der Waals surface area contributed by atoms with Crippen LogP contribution in [0.25, 0.3) is 0 Å². The molecule has 2 saturated heterocycles. The summed E-state index contributed by atoms with van der Waals surface area (Å²) in [6, 6.07) is -0.315. The van der Waals surface area contributed by atoms with Crippen LogP contribution in [-0.2, 0) is 14.3 Å². The normalized spacial score (nSPS) is 26.0. The van der Waals surface area contributed by atoms with Crippen molar-refractivity contribution in [1.82, 2.24) is 15.5 Å². The molecule has 0 aromatic heterocycles. The Hall–Kier alpha value is -1.63. The number of nitrogens with zero attached hydrogens (tertiary/aromatic N) is 1. The summed E-state index contributed by atoms with van der Waals surface area (Å²) in [5.74, 6) is -0.162. The van der Waals surface area contributed by atoms with E-state index in [1.165, 1.54) is 0 Å². The zero-order chi connectivity index (χ0) is 17.0. The number of nitrogens with one attached hydrogen (secondary N) is 2. The number of rotatable bonds is 3. The fourth-order valence-corrected chi connectivity index (χ4v) is 2.92. The van der Waals surface area contributed by atoms with E-state index in [0.29, 0.717) is 38.4 Å². The first-order valence-corrected chi connectivity index (χ1v) is 8.29. The van der Waals surface area contributed by atoms with Crippen LogP contribution < -0.4 is 10.6 Å². The highest BCUT2D eigenvalue weighted by Crippen LogP contribution is 2.19. The lowest BCUT2D eigenvalue weighted by Gasteiger charge is -2.35. The molecule has 2 heterocycles. The highest BCUT2D eigenvalue weighted by atomic mass is 16.6. The average Bonchev–Trinajstić information content (AvgIpc) is 2.45. The number of likely N-dealkylation sites (tertiary alicyclic amines) is 1. The zero-order valence-corrected chi connectivity index (χ0v) is 14.2. The van der Waals surface area contributed by atoms with Crippen LogP contribution in [0.3, 0.4) is 0 Å². The molecule has 2 rings (SSSR count). The van der Waals surface area contributed by atoms with Gasteiger partial charge in [0.1, 0.15) is 5.60 Å². The van der Waals surface area contributed by atoms with Crippen molar-refractivity contribution >= 4 is 17.9 Å². The summed E-state index contributed by atoms with van der Waals surface area (Å²) in [4.78, 5) is 36.7. The maximum Gasteiger partial charge on any atom is 0.410 e. The number of ether oxygens (including phenoxy) is 1. The molecule has 2 N–H and O–H groups in total. The van der Waals surface area contributed by atoms with Gasteiger partial charge in [0.15, 0.2) is 0 Å². The van der Waals surface area contributed by atoms with Gasteiger partial charge in [-0.15, -0.1) is 0 Å². The average molecular weight is 325 g/mol. The van der Waals surface area contributed by atoms with Crippen LogP contribution in [0.5, 0.6) is 0 Å². The number of imide groups is 1. The largest absolute Gasteiger partial charge is 0.444 e. The highest BCUT2D eigenvalue weighted by Gasteiger charge is 2.30. The standard InChI is InChI=1S/C16H27N3O4/c1-16(2,3)23-15(22)19-8-4-5-11(10-19)9-17-12-6-7-13(20)18-14(12)21/h11-12,17H,4-10H2,1-3H3,(H,18,20,21). The smallest absolute Gasteiger partial charge is 0.410 e. The van der Waals surface area contributed by atoms with Crippen LogP contribution >= 0.6 is 0 Å². The molecular weight excluding hydrogens is 298 g/mol. The fraction of sp³-hybridized carbons (Fsp3) is 0.812. The number of carbonyl (C=O) groups excluding carboxylic acids is 3. The Labute approximate surface area is 137 Å². The molecule has 0 aromatic rings. The van der Waals surface area contributed by atoms with Gasteiger partial charge in [-0.3, -0.25) is 14.9 Å². The third-order valence-electron chi connectivity index (χ3n) is 4.06. The van der Waals surface area contributed by atoms with Gasteiger partial charge in [-0.2, -0.15) is 0 Å². The second-order valence-corrected chi connectivity index (χ2v) is 7.35. The summed E-state index contributed by atoms with van der Waals surface area (Å²) in [5, 5.41) is 5.57. The summed E-state index contributed by atoms with van der Waals surface area (Å²) in [5.41, 5.74) is -0.491. The molecule has 23 heavy (non-hydrogen) atoms. The third kappa shape index (κ3) is 5.49. The van der Waals surface area contributed by atoms with Gasteiger partial charge in [0.25, 0.3) is 0 Å². The predicted octanol–water partition coefficient (Wildman–Crippen LogP) is 1.03. The molecular formula is C16H27N3O4. The summed E-state index contributed by atoms with van der Waals surface area (Å²) in [7, 11) is 0. The van der Waals surface area contributed by atoms with Crippen LogP contribution in [0.2, 0.25) is 0 Å². The van der Waals surface area contributed by atoms with Crippen molar-refractivity contribution in [3.8, 4) is 0 Å². The lowest BCUT2D eigenvalue weighted by Crippen LogP contribution is -2.53. The van der Waals surface area contributed by atoms with Crippen molar-refractivity contribution in [2.45, 2.75) is 58.1 Å². The number of hydrogen-bond donors (Lipinski definition) is 2. The van der Waals surface area contributed by atoms with Gasteiger partial charge in [0.2, 0.25) is 11.8 Å². The summed E-state index contributed by atoms with van der Waals surface area (Å²) < 4.78 is 5.41. The van der Waals surface area contributed by atoms with E-state index in [9.17, 15) is 14.4 Å². The van der Waals surface area contributed by atoms with E-state index in [2.05, 4.69) is 10.6 Å². The van der Waals surface area contributed by atoms with E-state index < -0.39 is 5.60 Å². The summed E-state index contributed by atoms with van der Waals surface area (Å²) in [6.07, 6.45) is 2.58. The molecule has 2 aliphatic heterocycles. The molecule has 2 fully saturated rings. The summed E-state index contributed by atoms with van der Waals surface area (Å²) in [6.45, 7) is 7.58. The van der Waals surface area contributed by atoms with Gasteiger partial charge < -0.3 is 15.0 Å².